The number of amides is 1. The molecule has 1 fully saturated rings. The van der Waals surface area contributed by atoms with Gasteiger partial charge in [-0.05, 0) is 30.7 Å². The molecule has 4 heteroatoms. The van der Waals surface area contributed by atoms with Crippen molar-refractivity contribution in [1.82, 2.24) is 5.32 Å². The number of carbonyl (C=O) groups is 1. The molecule has 2 aliphatic heterocycles. The smallest absolute Gasteiger partial charge is 0.241 e. The summed E-state index contributed by atoms with van der Waals surface area (Å²) in [6.07, 6.45) is 0. The first kappa shape index (κ1) is 10.6. The van der Waals surface area contributed by atoms with E-state index in [0.29, 0.717) is 6.54 Å². The quantitative estimate of drug-likeness (QED) is 0.742. The number of carbonyl (C=O) groups excluding carboxylic acids is 1. The normalized spacial score (nSPS) is 28.9. The highest BCUT2D eigenvalue weighted by atomic mass is 19.1. The van der Waals surface area contributed by atoms with Crippen LogP contribution in [0.3, 0.4) is 0 Å². The van der Waals surface area contributed by atoms with Gasteiger partial charge >= 0.3 is 0 Å². The molecule has 1 aromatic carbocycles. The molecule has 0 aliphatic carbocycles. The Hall–Kier alpha value is -1.58. The second kappa shape index (κ2) is 2.81. The number of hydrogen-bond donors (Lipinski definition) is 1. The highest BCUT2D eigenvalue weighted by Crippen LogP contribution is 2.51. The van der Waals surface area contributed by atoms with E-state index in [1.807, 2.05) is 25.7 Å². The molecule has 3 nitrogen and oxygen atoms in total. The molecule has 2 aliphatic rings. The van der Waals surface area contributed by atoms with E-state index >= 15 is 0 Å². The topological polar surface area (TPSA) is 32.3 Å². The van der Waals surface area contributed by atoms with Crippen molar-refractivity contribution in [2.75, 3.05) is 11.4 Å². The maximum Gasteiger partial charge on any atom is 0.241 e. The molecule has 1 saturated heterocycles. The van der Waals surface area contributed by atoms with Crippen LogP contribution in [0.25, 0.3) is 0 Å². The van der Waals surface area contributed by atoms with Crippen LogP contribution in [-0.2, 0) is 10.2 Å². The minimum absolute atomic E-state index is 0.0237. The predicted molar refractivity (Wildman–Crippen MR) is 63.3 cm³/mol. The summed E-state index contributed by atoms with van der Waals surface area (Å²) in [6.45, 7) is 6.42. The average Bonchev–Trinajstić information content (AvgIpc) is 2.61. The molecule has 1 amide bonds. The summed E-state index contributed by atoms with van der Waals surface area (Å²) in [4.78, 5) is 13.6. The van der Waals surface area contributed by atoms with Gasteiger partial charge in [-0.1, -0.05) is 13.8 Å². The van der Waals surface area contributed by atoms with E-state index in [2.05, 4.69) is 5.32 Å². The third kappa shape index (κ3) is 1.08. The zero-order chi connectivity index (χ0) is 12.4. The molecule has 0 bridgehead atoms. The van der Waals surface area contributed by atoms with Gasteiger partial charge in [-0.15, -0.1) is 0 Å². The molecule has 90 valence electrons. The zero-order valence-electron chi connectivity index (χ0n) is 10.2. The highest BCUT2D eigenvalue weighted by molar-refractivity contribution is 5.90. The fourth-order valence-corrected chi connectivity index (χ4v) is 3.01. The van der Waals surface area contributed by atoms with Crippen molar-refractivity contribution in [3.63, 3.8) is 0 Å². The fraction of sp³-hybridized carbons (Fsp3) is 0.462. The Morgan fingerprint density at radius 3 is 2.76 bits per heavy atom. The number of rotatable bonds is 0. The minimum Gasteiger partial charge on any atom is -0.339 e. The number of nitrogens with one attached hydrogen (secondary N) is 1. The van der Waals surface area contributed by atoms with Crippen LogP contribution in [-0.4, -0.2) is 18.1 Å². The molecule has 3 rings (SSSR count). The third-order valence-electron chi connectivity index (χ3n) is 4.36. The van der Waals surface area contributed by atoms with Crippen LogP contribution in [0.4, 0.5) is 10.1 Å². The summed E-state index contributed by atoms with van der Waals surface area (Å²) in [5.41, 5.74) is 1.15. The Kier molecular flexibility index (Phi) is 1.74. The summed E-state index contributed by atoms with van der Waals surface area (Å²) >= 11 is 0. The lowest BCUT2D eigenvalue weighted by Gasteiger charge is -2.39. The van der Waals surface area contributed by atoms with Gasteiger partial charge < -0.3 is 10.2 Å². The maximum absolute atomic E-state index is 13.4. The van der Waals surface area contributed by atoms with E-state index in [0.717, 1.165) is 11.3 Å². The van der Waals surface area contributed by atoms with Crippen molar-refractivity contribution in [2.45, 2.75) is 31.8 Å². The van der Waals surface area contributed by atoms with E-state index < -0.39 is 5.66 Å². The van der Waals surface area contributed by atoms with Gasteiger partial charge in [0.05, 0.1) is 6.54 Å². The van der Waals surface area contributed by atoms with Crippen molar-refractivity contribution in [2.24, 2.45) is 0 Å². The predicted octanol–water partition coefficient (Wildman–Crippen LogP) is 1.77. The molecule has 1 atom stereocenters. The lowest BCUT2D eigenvalue weighted by atomic mass is 9.77. The van der Waals surface area contributed by atoms with Gasteiger partial charge in [0.1, 0.15) is 11.5 Å². The second-order valence-electron chi connectivity index (χ2n) is 5.49. The standard InChI is InChI=1S/C13H15FN2O/c1-12(2)9-6-8(14)4-5-10(9)16-7-11(17)15-13(12,16)3/h4-6H,7H2,1-3H3,(H,15,17). The first-order valence-corrected chi connectivity index (χ1v) is 5.75. The van der Waals surface area contributed by atoms with Gasteiger partial charge in [0, 0.05) is 11.1 Å². The molecule has 0 radical (unpaired) electrons. The lowest BCUT2D eigenvalue weighted by Crippen LogP contribution is -2.57. The molecule has 2 heterocycles. The lowest BCUT2D eigenvalue weighted by molar-refractivity contribution is -0.119. The SMILES string of the molecule is CC1(C)c2cc(F)ccc2N2CC(=O)NC21C. The fourth-order valence-electron chi connectivity index (χ4n) is 3.01. The minimum atomic E-state index is -0.458. The number of hydrogen-bond acceptors (Lipinski definition) is 2. The monoisotopic (exact) mass is 234 g/mol. The van der Waals surface area contributed by atoms with Crippen LogP contribution in [0.1, 0.15) is 26.3 Å². The largest absolute Gasteiger partial charge is 0.339 e. The summed E-state index contributed by atoms with van der Waals surface area (Å²) < 4.78 is 13.4. The van der Waals surface area contributed by atoms with E-state index in [9.17, 15) is 9.18 Å². The third-order valence-corrected chi connectivity index (χ3v) is 4.36. The molecule has 1 N–H and O–H groups in total. The van der Waals surface area contributed by atoms with Crippen LogP contribution >= 0.6 is 0 Å². The van der Waals surface area contributed by atoms with Crippen molar-refractivity contribution < 1.29 is 9.18 Å². The van der Waals surface area contributed by atoms with E-state index in [4.69, 9.17) is 0 Å². The molecule has 0 spiro atoms. The Bertz CT molecular complexity index is 526. The summed E-state index contributed by atoms with van der Waals surface area (Å²) in [7, 11) is 0. The second-order valence-corrected chi connectivity index (χ2v) is 5.49. The van der Waals surface area contributed by atoms with Gasteiger partial charge in [0.25, 0.3) is 0 Å². The van der Waals surface area contributed by atoms with E-state index in [-0.39, 0.29) is 17.1 Å². The van der Waals surface area contributed by atoms with Gasteiger partial charge in [-0.3, -0.25) is 4.79 Å². The first-order chi connectivity index (χ1) is 7.86. The van der Waals surface area contributed by atoms with Gasteiger partial charge in [-0.25, -0.2) is 4.39 Å². The summed E-state index contributed by atoms with van der Waals surface area (Å²) in [5, 5.41) is 3.01. The number of fused-ring (bicyclic) bond motifs is 3. The van der Waals surface area contributed by atoms with Gasteiger partial charge in [-0.2, -0.15) is 0 Å². The molecule has 0 saturated carbocycles. The highest BCUT2D eigenvalue weighted by Gasteiger charge is 2.58. The van der Waals surface area contributed by atoms with Gasteiger partial charge in [0.15, 0.2) is 0 Å². The Morgan fingerprint density at radius 2 is 2.06 bits per heavy atom. The van der Waals surface area contributed by atoms with Crippen molar-refractivity contribution in [3.05, 3.63) is 29.6 Å². The Balaban J connectivity index is 2.26. The number of halogens is 1. The maximum atomic E-state index is 13.4. The number of nitrogens with zero attached hydrogens (tertiary/aromatic N) is 1. The van der Waals surface area contributed by atoms with Crippen LogP contribution in [0.15, 0.2) is 18.2 Å². The molecular weight excluding hydrogens is 219 g/mol. The summed E-state index contributed by atoms with van der Waals surface area (Å²) in [5.74, 6) is -0.205. The van der Waals surface area contributed by atoms with E-state index in [1.165, 1.54) is 6.07 Å². The van der Waals surface area contributed by atoms with Crippen LogP contribution in [0.5, 0.6) is 0 Å². The van der Waals surface area contributed by atoms with Crippen LogP contribution in [0, 0.1) is 5.82 Å². The molecule has 0 aromatic heterocycles. The van der Waals surface area contributed by atoms with Crippen molar-refractivity contribution in [1.29, 1.82) is 0 Å². The van der Waals surface area contributed by atoms with Gasteiger partial charge in [0.2, 0.25) is 5.91 Å². The number of benzene rings is 1. The zero-order valence-corrected chi connectivity index (χ0v) is 10.2. The Labute approximate surface area is 99.6 Å². The first-order valence-electron chi connectivity index (χ1n) is 5.75. The van der Waals surface area contributed by atoms with Crippen molar-refractivity contribution in [3.8, 4) is 0 Å². The Morgan fingerprint density at radius 1 is 1.35 bits per heavy atom. The van der Waals surface area contributed by atoms with Crippen LogP contribution in [0.2, 0.25) is 0 Å². The molecule has 1 aromatic rings. The number of anilines is 1. The van der Waals surface area contributed by atoms with Crippen molar-refractivity contribution >= 4 is 11.6 Å². The van der Waals surface area contributed by atoms with E-state index in [1.54, 1.807) is 12.1 Å². The molecule has 17 heavy (non-hydrogen) atoms. The average molecular weight is 234 g/mol. The molecule has 1 unspecified atom stereocenters. The summed E-state index contributed by atoms with van der Waals surface area (Å²) in [6, 6.07) is 4.78. The molecular formula is C13H15FN2O. The van der Waals surface area contributed by atoms with Crippen LogP contribution < -0.4 is 10.2 Å².